The van der Waals surface area contributed by atoms with Gasteiger partial charge in [0, 0.05) is 19.4 Å². The van der Waals surface area contributed by atoms with E-state index in [-0.39, 0.29) is 32.1 Å². The molecule has 0 radical (unpaired) electrons. The molecule has 2 unspecified atom stereocenters. The highest BCUT2D eigenvalue weighted by Gasteiger charge is 2.23. The Morgan fingerprint density at radius 2 is 0.948 bits per heavy atom. The Bertz CT molecular complexity index is 1090. The van der Waals surface area contributed by atoms with Gasteiger partial charge >= 0.3 is 13.8 Å². The zero-order valence-electron chi connectivity index (χ0n) is 37.2. The van der Waals surface area contributed by atoms with Crippen molar-refractivity contribution in [3.05, 3.63) is 48.6 Å². The number of nitrogens with one attached hydrogen (secondary N) is 1. The molecule has 9 nitrogen and oxygen atoms in total. The van der Waals surface area contributed by atoms with Gasteiger partial charge in [0.1, 0.15) is 12.7 Å². The molecule has 0 aromatic rings. The molecular formula is C48H88NO8P. The molecule has 0 saturated carbocycles. The van der Waals surface area contributed by atoms with Gasteiger partial charge in [0.15, 0.2) is 0 Å². The lowest BCUT2D eigenvalue weighted by Gasteiger charge is -2.15. The lowest BCUT2D eigenvalue weighted by atomic mass is 10.0. The molecule has 0 rings (SSSR count). The van der Waals surface area contributed by atoms with Crippen molar-refractivity contribution < 1.29 is 37.9 Å². The number of carbonyl (C=O) groups excluding carboxylic acids is 2. The number of carbonyl (C=O) groups is 2. The first-order valence-electron chi connectivity index (χ1n) is 23.6. The average Bonchev–Trinajstić information content (AvgIpc) is 3.21. The Balaban J connectivity index is 3.62. The number of amides is 1. The summed E-state index contributed by atoms with van der Waals surface area (Å²) in [7, 11) is -4.43. The topological polar surface area (TPSA) is 131 Å². The molecule has 3 N–H and O–H groups in total. The van der Waals surface area contributed by atoms with E-state index in [4.69, 9.17) is 13.8 Å². The lowest BCUT2D eigenvalue weighted by molar-refractivity contribution is -0.147. The van der Waals surface area contributed by atoms with Gasteiger partial charge in [0.2, 0.25) is 5.91 Å². The van der Waals surface area contributed by atoms with Crippen molar-refractivity contribution in [1.29, 1.82) is 0 Å². The van der Waals surface area contributed by atoms with Gasteiger partial charge in [-0.15, -0.1) is 0 Å². The van der Waals surface area contributed by atoms with Gasteiger partial charge in [-0.05, 0) is 51.4 Å². The summed E-state index contributed by atoms with van der Waals surface area (Å²) in [5.41, 5.74) is 0. The highest BCUT2D eigenvalue weighted by molar-refractivity contribution is 7.47. The van der Waals surface area contributed by atoms with Gasteiger partial charge in [0.25, 0.3) is 0 Å². The van der Waals surface area contributed by atoms with E-state index >= 15 is 0 Å². The number of hydrogen-bond acceptors (Lipinski definition) is 7. The summed E-state index contributed by atoms with van der Waals surface area (Å²) in [5.74, 6) is -0.569. The Hall–Kier alpha value is -2.03. The number of phosphoric ester groups is 1. The first-order chi connectivity index (χ1) is 28.3. The van der Waals surface area contributed by atoms with Crippen molar-refractivity contribution in [2.75, 3.05) is 26.4 Å². The molecule has 58 heavy (non-hydrogen) atoms. The fourth-order valence-corrected chi connectivity index (χ4v) is 7.19. The molecule has 2 atom stereocenters. The average molecular weight is 838 g/mol. The SMILES string of the molecule is CCCCC/C=C\C/C=C\C/C=C\C/C=C\CCCC(=O)OCC(O)COP(=O)(O)OCCNC(=O)CCCCCCCCCCCCCCCCCCCCCC. The van der Waals surface area contributed by atoms with Crippen molar-refractivity contribution in [2.45, 2.75) is 219 Å². The van der Waals surface area contributed by atoms with E-state index in [0.717, 1.165) is 44.9 Å². The van der Waals surface area contributed by atoms with Crippen LogP contribution in [0.1, 0.15) is 213 Å². The van der Waals surface area contributed by atoms with Crippen molar-refractivity contribution in [2.24, 2.45) is 0 Å². The van der Waals surface area contributed by atoms with Crippen molar-refractivity contribution in [1.82, 2.24) is 5.32 Å². The second-order valence-corrected chi connectivity index (χ2v) is 17.2. The van der Waals surface area contributed by atoms with E-state index < -0.39 is 26.5 Å². The summed E-state index contributed by atoms with van der Waals surface area (Å²) in [5, 5.41) is 12.7. The Morgan fingerprint density at radius 1 is 0.534 bits per heavy atom. The first-order valence-corrected chi connectivity index (χ1v) is 25.1. The van der Waals surface area contributed by atoms with Crippen molar-refractivity contribution in [3.8, 4) is 0 Å². The monoisotopic (exact) mass is 838 g/mol. The summed E-state index contributed by atoms with van der Waals surface area (Å²) >= 11 is 0. The van der Waals surface area contributed by atoms with E-state index in [1.165, 1.54) is 135 Å². The lowest BCUT2D eigenvalue weighted by Crippen LogP contribution is -2.27. The van der Waals surface area contributed by atoms with Crippen LogP contribution in [0.4, 0.5) is 0 Å². The number of phosphoric acid groups is 1. The van der Waals surface area contributed by atoms with Crippen LogP contribution in [0.3, 0.4) is 0 Å². The zero-order chi connectivity index (χ0) is 42.5. The van der Waals surface area contributed by atoms with Crippen molar-refractivity contribution >= 4 is 19.7 Å². The number of unbranched alkanes of at least 4 members (excludes halogenated alkanes) is 23. The standard InChI is InChI=1S/C48H88NO8P/c1-3-5-7-9-11-13-15-17-19-21-22-23-25-26-28-30-32-34-36-38-40-47(51)49-42-43-56-58(53,54)57-45-46(50)44-55-48(52)41-39-37-35-33-31-29-27-24-20-18-16-14-12-10-8-6-4-2/h12,14,18,20,27,29,33,35,46,50H,3-11,13,15-17,19,21-26,28,30-32,34,36-45H2,1-2H3,(H,49,51)(H,53,54)/b14-12-,20-18-,29-27-,35-33-. The third-order valence-electron chi connectivity index (χ3n) is 10.0. The number of ether oxygens (including phenoxy) is 1. The van der Waals surface area contributed by atoms with E-state index in [2.05, 4.69) is 61.7 Å². The predicted molar refractivity (Wildman–Crippen MR) is 243 cm³/mol. The molecule has 0 heterocycles. The summed E-state index contributed by atoms with van der Waals surface area (Å²) in [6.07, 6.45) is 52.0. The maximum atomic E-state index is 12.1. The number of hydrogen-bond donors (Lipinski definition) is 3. The molecule has 0 fully saturated rings. The molecule has 0 aromatic heterocycles. The van der Waals surface area contributed by atoms with E-state index in [1.807, 2.05) is 6.08 Å². The van der Waals surface area contributed by atoms with Gasteiger partial charge < -0.3 is 20.1 Å². The molecule has 338 valence electrons. The van der Waals surface area contributed by atoms with Crippen molar-refractivity contribution in [3.63, 3.8) is 0 Å². The van der Waals surface area contributed by atoms with Crippen LogP contribution in [-0.2, 0) is 27.9 Å². The van der Waals surface area contributed by atoms with Gasteiger partial charge in [0.05, 0.1) is 13.2 Å². The maximum Gasteiger partial charge on any atom is 0.472 e. The largest absolute Gasteiger partial charge is 0.472 e. The van der Waals surface area contributed by atoms with E-state index in [9.17, 15) is 24.2 Å². The molecule has 0 spiro atoms. The minimum Gasteiger partial charge on any atom is -0.463 e. The molecular weight excluding hydrogens is 750 g/mol. The van der Waals surface area contributed by atoms with Crippen LogP contribution in [0.2, 0.25) is 0 Å². The van der Waals surface area contributed by atoms with Gasteiger partial charge in [-0.25, -0.2) is 4.57 Å². The Kier molecular flexibility index (Phi) is 43.0. The quantitative estimate of drug-likeness (QED) is 0.0239. The maximum absolute atomic E-state index is 12.1. The molecule has 0 aliphatic carbocycles. The Morgan fingerprint density at radius 3 is 1.43 bits per heavy atom. The summed E-state index contributed by atoms with van der Waals surface area (Å²) in [6, 6.07) is 0. The van der Waals surface area contributed by atoms with E-state index in [0.29, 0.717) is 12.8 Å². The normalized spacial score (nSPS) is 13.7. The molecule has 0 saturated heterocycles. The highest BCUT2D eigenvalue weighted by Crippen LogP contribution is 2.42. The summed E-state index contributed by atoms with van der Waals surface area (Å²) < 4.78 is 26.9. The molecule has 0 aliphatic rings. The highest BCUT2D eigenvalue weighted by atomic mass is 31.2. The second kappa shape index (κ2) is 44.5. The summed E-state index contributed by atoms with van der Waals surface area (Å²) in [4.78, 5) is 34.0. The van der Waals surface area contributed by atoms with Crippen LogP contribution in [0.15, 0.2) is 48.6 Å². The summed E-state index contributed by atoms with van der Waals surface area (Å²) in [6.45, 7) is 3.49. The van der Waals surface area contributed by atoms with Crippen LogP contribution in [-0.4, -0.2) is 54.3 Å². The number of aliphatic hydroxyl groups is 1. The van der Waals surface area contributed by atoms with Crippen LogP contribution in [0.25, 0.3) is 0 Å². The molecule has 10 heteroatoms. The third kappa shape index (κ3) is 45.1. The first kappa shape index (κ1) is 56.0. The van der Waals surface area contributed by atoms with Crippen LogP contribution >= 0.6 is 7.82 Å². The molecule has 0 bridgehead atoms. The number of rotatable bonds is 44. The fraction of sp³-hybridized carbons (Fsp3) is 0.792. The van der Waals surface area contributed by atoms with Gasteiger partial charge in [-0.3, -0.25) is 18.6 Å². The minimum atomic E-state index is -4.43. The number of aliphatic hydroxyl groups excluding tert-OH is 1. The number of allylic oxidation sites excluding steroid dienone is 8. The molecule has 0 aromatic carbocycles. The number of esters is 1. The van der Waals surface area contributed by atoms with Gasteiger partial charge in [-0.1, -0.05) is 197 Å². The third-order valence-corrected chi connectivity index (χ3v) is 11.0. The van der Waals surface area contributed by atoms with E-state index in [1.54, 1.807) is 0 Å². The van der Waals surface area contributed by atoms with Crippen LogP contribution in [0.5, 0.6) is 0 Å². The Labute approximate surface area is 355 Å². The predicted octanol–water partition coefficient (Wildman–Crippen LogP) is 13.5. The van der Waals surface area contributed by atoms with Gasteiger partial charge in [-0.2, -0.15) is 0 Å². The minimum absolute atomic E-state index is 0.0766. The smallest absolute Gasteiger partial charge is 0.463 e. The van der Waals surface area contributed by atoms with Crippen LogP contribution in [0, 0.1) is 0 Å². The zero-order valence-corrected chi connectivity index (χ0v) is 38.1. The van der Waals surface area contributed by atoms with Crippen LogP contribution < -0.4 is 5.32 Å². The molecule has 1 amide bonds. The second-order valence-electron chi connectivity index (χ2n) is 15.7. The fourth-order valence-electron chi connectivity index (χ4n) is 6.43. The molecule has 0 aliphatic heterocycles.